The van der Waals surface area contributed by atoms with Gasteiger partial charge in [0, 0.05) is 17.9 Å². The number of halogens is 5. The molecule has 10 heteroatoms. The van der Waals surface area contributed by atoms with Crippen LogP contribution in [0.4, 0.5) is 27.6 Å². The monoisotopic (exact) mass is 431 g/mol. The van der Waals surface area contributed by atoms with E-state index in [2.05, 4.69) is 9.98 Å². The fourth-order valence-corrected chi connectivity index (χ4v) is 3.30. The Labute approximate surface area is 170 Å². The summed E-state index contributed by atoms with van der Waals surface area (Å²) < 4.78 is 75.6. The van der Waals surface area contributed by atoms with Crippen molar-refractivity contribution in [3.05, 3.63) is 24.0 Å². The molecule has 3 aliphatic rings. The van der Waals surface area contributed by atoms with Crippen LogP contribution in [0.2, 0.25) is 0 Å². The van der Waals surface area contributed by atoms with E-state index in [1.807, 2.05) is 19.9 Å². The first-order valence-corrected chi connectivity index (χ1v) is 9.73. The highest BCUT2D eigenvalue weighted by Gasteiger charge is 2.46. The van der Waals surface area contributed by atoms with Gasteiger partial charge in [0.1, 0.15) is 11.9 Å². The molecule has 0 N–H and O–H groups in total. The second kappa shape index (κ2) is 7.09. The number of anilines is 1. The molecule has 4 rings (SSSR count). The summed E-state index contributed by atoms with van der Waals surface area (Å²) in [5, 5.41) is 0. The lowest BCUT2D eigenvalue weighted by molar-refractivity contribution is -0.153. The Morgan fingerprint density at radius 1 is 1.27 bits per heavy atom. The van der Waals surface area contributed by atoms with E-state index in [0.29, 0.717) is 23.7 Å². The summed E-state index contributed by atoms with van der Waals surface area (Å²) in [6.45, 7) is 1.24. The molecule has 0 spiro atoms. The van der Waals surface area contributed by atoms with E-state index in [1.54, 1.807) is 0 Å². The lowest BCUT2D eigenvalue weighted by Crippen LogP contribution is -2.56. The summed E-state index contributed by atoms with van der Waals surface area (Å²) in [6.07, 6.45) is 0.872. The van der Waals surface area contributed by atoms with Gasteiger partial charge in [-0.15, -0.1) is 0 Å². The number of pyridine rings is 1. The van der Waals surface area contributed by atoms with Crippen molar-refractivity contribution >= 4 is 17.3 Å². The number of ether oxygens (including phenoxy) is 2. The SMILES string of the molecule is CC1CC=C(c2cc(OCC(F)(F)F)c(N3CC(F)(F)C3)cn2)N=C(C2(C)CC2)O1. The Kier molecular flexibility index (Phi) is 4.93. The maximum Gasteiger partial charge on any atom is 0.422 e. The maximum atomic E-state index is 13.3. The summed E-state index contributed by atoms with van der Waals surface area (Å²) in [5.41, 5.74) is 0.741. The van der Waals surface area contributed by atoms with Crippen molar-refractivity contribution in [1.29, 1.82) is 0 Å². The molecule has 1 aromatic rings. The molecule has 0 amide bonds. The molecule has 3 heterocycles. The Hall–Kier alpha value is -2.39. The maximum absolute atomic E-state index is 13.3. The minimum atomic E-state index is -4.56. The quantitative estimate of drug-likeness (QED) is 0.627. The molecule has 1 aromatic heterocycles. The zero-order valence-corrected chi connectivity index (χ0v) is 16.6. The molecule has 2 aliphatic heterocycles. The fraction of sp³-hybridized carbons (Fsp3) is 0.600. The van der Waals surface area contributed by atoms with Crippen LogP contribution in [-0.2, 0) is 4.74 Å². The average Bonchev–Trinajstić information content (AvgIpc) is 3.40. The number of hydrogen-bond acceptors (Lipinski definition) is 5. The predicted octanol–water partition coefficient (Wildman–Crippen LogP) is 4.83. The number of aliphatic imine (C=N–C) groups is 1. The number of hydrogen-bond donors (Lipinski definition) is 0. The van der Waals surface area contributed by atoms with Gasteiger partial charge in [-0.05, 0) is 19.8 Å². The van der Waals surface area contributed by atoms with Gasteiger partial charge in [-0.25, -0.2) is 13.8 Å². The summed E-state index contributed by atoms with van der Waals surface area (Å²) in [5.74, 6) is -2.44. The Balaban J connectivity index is 1.66. The molecule has 0 bridgehead atoms. The van der Waals surface area contributed by atoms with E-state index in [9.17, 15) is 22.0 Å². The number of alkyl halides is 5. The van der Waals surface area contributed by atoms with Crippen molar-refractivity contribution in [1.82, 2.24) is 4.98 Å². The van der Waals surface area contributed by atoms with Gasteiger partial charge in [0.2, 0.25) is 0 Å². The van der Waals surface area contributed by atoms with Crippen molar-refractivity contribution in [2.45, 2.75) is 51.3 Å². The third-order valence-corrected chi connectivity index (χ3v) is 5.38. The number of rotatable bonds is 5. The third-order valence-electron chi connectivity index (χ3n) is 5.38. The van der Waals surface area contributed by atoms with E-state index in [4.69, 9.17) is 9.47 Å². The molecule has 1 saturated carbocycles. The molecule has 1 saturated heterocycles. The first kappa shape index (κ1) is 20.9. The van der Waals surface area contributed by atoms with Crippen LogP contribution in [0.1, 0.15) is 38.8 Å². The highest BCUT2D eigenvalue weighted by Crippen LogP contribution is 2.48. The lowest BCUT2D eigenvalue weighted by atomic mass is 10.1. The normalized spacial score (nSPS) is 24.8. The Bertz CT molecular complexity index is 885. The Morgan fingerprint density at radius 2 is 1.97 bits per heavy atom. The van der Waals surface area contributed by atoms with Crippen LogP contribution >= 0.6 is 0 Å². The fourth-order valence-electron chi connectivity index (χ4n) is 3.30. The van der Waals surface area contributed by atoms with Crippen LogP contribution in [0.5, 0.6) is 5.75 Å². The van der Waals surface area contributed by atoms with Crippen molar-refractivity contribution in [2.75, 3.05) is 24.6 Å². The first-order chi connectivity index (χ1) is 13.9. The number of aromatic nitrogens is 1. The van der Waals surface area contributed by atoms with E-state index in [-0.39, 0.29) is 23.0 Å². The Morgan fingerprint density at radius 3 is 2.57 bits per heavy atom. The van der Waals surface area contributed by atoms with Gasteiger partial charge in [0.25, 0.3) is 5.92 Å². The summed E-state index contributed by atoms with van der Waals surface area (Å²) in [6, 6.07) is 1.33. The molecule has 0 radical (unpaired) electrons. The highest BCUT2D eigenvalue weighted by molar-refractivity contribution is 5.90. The minimum absolute atomic E-state index is 0.0952. The molecule has 164 valence electrons. The molecule has 1 unspecified atom stereocenters. The van der Waals surface area contributed by atoms with E-state index in [0.717, 1.165) is 12.8 Å². The highest BCUT2D eigenvalue weighted by atomic mass is 19.4. The summed E-state index contributed by atoms with van der Waals surface area (Å²) in [4.78, 5) is 10.1. The summed E-state index contributed by atoms with van der Waals surface area (Å²) >= 11 is 0. The molecular weight excluding hydrogens is 409 g/mol. The lowest BCUT2D eigenvalue weighted by Gasteiger charge is -2.40. The van der Waals surface area contributed by atoms with Gasteiger partial charge in [-0.1, -0.05) is 13.0 Å². The molecule has 5 nitrogen and oxygen atoms in total. The third kappa shape index (κ3) is 4.52. The van der Waals surface area contributed by atoms with E-state index in [1.165, 1.54) is 17.2 Å². The van der Waals surface area contributed by atoms with Gasteiger partial charge in [0.15, 0.2) is 12.5 Å². The van der Waals surface area contributed by atoms with Crippen molar-refractivity contribution in [2.24, 2.45) is 10.4 Å². The largest absolute Gasteiger partial charge is 0.482 e. The van der Waals surface area contributed by atoms with Crippen LogP contribution in [0.25, 0.3) is 5.70 Å². The molecule has 0 aromatic carbocycles. The molecule has 30 heavy (non-hydrogen) atoms. The van der Waals surface area contributed by atoms with Gasteiger partial charge < -0.3 is 14.4 Å². The molecular formula is C20H22F5N3O2. The molecule has 1 aliphatic carbocycles. The summed E-state index contributed by atoms with van der Waals surface area (Å²) in [7, 11) is 0. The topological polar surface area (TPSA) is 47.0 Å². The van der Waals surface area contributed by atoms with Gasteiger partial charge in [-0.2, -0.15) is 13.2 Å². The molecule has 2 fully saturated rings. The van der Waals surface area contributed by atoms with Gasteiger partial charge in [0.05, 0.1) is 36.4 Å². The standard InChI is InChI=1S/C20H22F5N3O2/c1-12-3-4-13(27-17(30-12)18(2)5-6-18)14-7-16(29-11-20(23,24)25)15(8-26-14)28-9-19(21,22)10-28/h4,7-8,12H,3,5-6,9-11H2,1-2H3. The van der Waals surface area contributed by atoms with Crippen LogP contribution in [0.15, 0.2) is 23.3 Å². The van der Waals surface area contributed by atoms with Crippen molar-refractivity contribution in [3.8, 4) is 5.75 Å². The zero-order chi connectivity index (χ0) is 21.7. The number of nitrogens with zero attached hydrogens (tertiary/aromatic N) is 3. The van der Waals surface area contributed by atoms with Crippen LogP contribution < -0.4 is 9.64 Å². The van der Waals surface area contributed by atoms with Crippen molar-refractivity contribution < 1.29 is 31.4 Å². The van der Waals surface area contributed by atoms with Crippen LogP contribution in [0, 0.1) is 5.41 Å². The predicted molar refractivity (Wildman–Crippen MR) is 101 cm³/mol. The van der Waals surface area contributed by atoms with Gasteiger partial charge in [-0.3, -0.25) is 4.98 Å². The van der Waals surface area contributed by atoms with E-state index < -0.39 is 31.8 Å². The first-order valence-electron chi connectivity index (χ1n) is 9.73. The zero-order valence-electron chi connectivity index (χ0n) is 16.6. The van der Waals surface area contributed by atoms with Gasteiger partial charge >= 0.3 is 6.18 Å². The minimum Gasteiger partial charge on any atom is -0.482 e. The van der Waals surface area contributed by atoms with Crippen LogP contribution in [-0.4, -0.2) is 48.8 Å². The smallest absolute Gasteiger partial charge is 0.422 e. The second-order valence-corrected chi connectivity index (χ2v) is 8.38. The molecule has 1 atom stereocenters. The van der Waals surface area contributed by atoms with E-state index >= 15 is 0 Å². The van der Waals surface area contributed by atoms with Crippen LogP contribution in [0.3, 0.4) is 0 Å². The van der Waals surface area contributed by atoms with Crippen molar-refractivity contribution in [3.63, 3.8) is 0 Å². The second-order valence-electron chi connectivity index (χ2n) is 8.38. The average molecular weight is 431 g/mol.